The highest BCUT2D eigenvalue weighted by Gasteiger charge is 2.29. The molecule has 1 aromatic rings. The largest absolute Gasteiger partial charge is 0.389 e. The number of nitrogens with zero attached hydrogens (tertiary/aromatic N) is 1. The Labute approximate surface area is 111 Å². The van der Waals surface area contributed by atoms with Crippen LogP contribution >= 0.6 is 0 Å². The second-order valence-corrected chi connectivity index (χ2v) is 4.65. The molecule has 0 bridgehead atoms. The van der Waals surface area contributed by atoms with Gasteiger partial charge in [0, 0.05) is 19.6 Å². The summed E-state index contributed by atoms with van der Waals surface area (Å²) in [5.74, 6) is 4.94. The number of aliphatic hydroxyl groups is 2. The first kappa shape index (κ1) is 14.0. The van der Waals surface area contributed by atoms with Crippen molar-refractivity contribution >= 4 is 0 Å². The summed E-state index contributed by atoms with van der Waals surface area (Å²) in [5.41, 5.74) is 6.48. The number of rotatable bonds is 2. The molecule has 0 saturated carbocycles. The number of aliphatic hydroxyl groups excluding tert-OH is 2. The molecule has 1 aliphatic heterocycles. The van der Waals surface area contributed by atoms with Gasteiger partial charge < -0.3 is 15.9 Å². The highest BCUT2D eigenvalue weighted by molar-refractivity contribution is 5.38. The van der Waals surface area contributed by atoms with Crippen LogP contribution in [0.2, 0.25) is 0 Å². The van der Waals surface area contributed by atoms with Crippen LogP contribution in [0.4, 0.5) is 4.39 Å². The summed E-state index contributed by atoms with van der Waals surface area (Å²) in [4.78, 5) is 1.92. The second-order valence-electron chi connectivity index (χ2n) is 4.65. The van der Waals surface area contributed by atoms with E-state index >= 15 is 0 Å². The highest BCUT2D eigenvalue weighted by atomic mass is 19.1. The van der Waals surface area contributed by atoms with E-state index in [0.29, 0.717) is 25.2 Å². The molecule has 2 atom stereocenters. The molecule has 1 aromatic carbocycles. The van der Waals surface area contributed by atoms with Gasteiger partial charge in [0.05, 0.1) is 24.3 Å². The predicted octanol–water partition coefficient (Wildman–Crippen LogP) is -0.327. The van der Waals surface area contributed by atoms with Crippen LogP contribution in [0.3, 0.4) is 0 Å². The van der Waals surface area contributed by atoms with Crippen LogP contribution in [0.1, 0.15) is 11.1 Å². The topological polar surface area (TPSA) is 69.7 Å². The standard InChI is InChI=1S/C14H17FN2O2/c15-12-4-3-10(6-11(12)2-1-5-16)7-17-8-13(18)14(19)9-17/h3-4,6,13-14,18-19H,5,7-9,16H2. The van der Waals surface area contributed by atoms with Gasteiger partial charge in [0.2, 0.25) is 0 Å². The molecule has 2 unspecified atom stereocenters. The number of benzene rings is 1. The number of likely N-dealkylation sites (tertiary alicyclic amines) is 1. The minimum absolute atomic E-state index is 0.189. The third-order valence-corrected chi connectivity index (χ3v) is 3.10. The first-order valence-electron chi connectivity index (χ1n) is 6.16. The lowest BCUT2D eigenvalue weighted by Gasteiger charge is -2.14. The molecule has 0 aliphatic carbocycles. The Balaban J connectivity index is 2.09. The normalized spacial score (nSPS) is 23.2. The van der Waals surface area contributed by atoms with Crippen molar-refractivity contribution in [1.82, 2.24) is 4.90 Å². The van der Waals surface area contributed by atoms with Crippen LogP contribution in [0.15, 0.2) is 18.2 Å². The molecule has 1 fully saturated rings. The number of hydrogen-bond donors (Lipinski definition) is 3. The molecule has 1 aliphatic rings. The van der Waals surface area contributed by atoms with Crippen molar-refractivity contribution < 1.29 is 14.6 Å². The van der Waals surface area contributed by atoms with Crippen molar-refractivity contribution in [3.05, 3.63) is 35.1 Å². The summed E-state index contributed by atoms with van der Waals surface area (Å²) in [6, 6.07) is 4.73. The number of nitrogens with two attached hydrogens (primary N) is 1. The first-order valence-corrected chi connectivity index (χ1v) is 6.16. The van der Waals surface area contributed by atoms with Gasteiger partial charge in [-0.1, -0.05) is 17.9 Å². The van der Waals surface area contributed by atoms with E-state index < -0.39 is 12.2 Å². The lowest BCUT2D eigenvalue weighted by atomic mass is 10.1. The van der Waals surface area contributed by atoms with E-state index in [9.17, 15) is 14.6 Å². The predicted molar refractivity (Wildman–Crippen MR) is 69.6 cm³/mol. The van der Waals surface area contributed by atoms with Gasteiger partial charge in [-0.05, 0) is 17.7 Å². The van der Waals surface area contributed by atoms with Gasteiger partial charge in [0.25, 0.3) is 0 Å². The Morgan fingerprint density at radius 1 is 1.32 bits per heavy atom. The summed E-state index contributed by atoms with van der Waals surface area (Å²) in [6.07, 6.45) is -1.42. The van der Waals surface area contributed by atoms with E-state index in [0.717, 1.165) is 5.56 Å². The Bertz CT molecular complexity index is 500. The van der Waals surface area contributed by atoms with Crippen LogP contribution in [-0.4, -0.2) is 47.0 Å². The minimum Gasteiger partial charge on any atom is -0.389 e. The summed E-state index contributed by atoms with van der Waals surface area (Å²) in [5, 5.41) is 18.9. The fourth-order valence-corrected chi connectivity index (χ4v) is 2.15. The molecular formula is C14H17FN2O2. The lowest BCUT2D eigenvalue weighted by molar-refractivity contribution is 0.0572. The van der Waals surface area contributed by atoms with Crippen molar-refractivity contribution in [2.24, 2.45) is 5.73 Å². The number of β-amino-alcohol motifs (C(OH)–C–C–N with tert-alkyl or cyclic N) is 2. The zero-order chi connectivity index (χ0) is 13.8. The zero-order valence-corrected chi connectivity index (χ0v) is 10.5. The fraction of sp³-hybridized carbons (Fsp3) is 0.429. The molecule has 0 radical (unpaired) electrons. The molecule has 102 valence electrons. The lowest BCUT2D eigenvalue weighted by Crippen LogP contribution is -2.22. The van der Waals surface area contributed by atoms with Crippen LogP contribution in [-0.2, 0) is 6.54 Å². The van der Waals surface area contributed by atoms with Gasteiger partial charge in [-0.2, -0.15) is 0 Å². The van der Waals surface area contributed by atoms with Crippen LogP contribution in [0, 0.1) is 17.7 Å². The molecule has 0 aromatic heterocycles. The summed E-state index contributed by atoms with van der Waals surface area (Å²) in [6.45, 7) is 1.57. The van der Waals surface area contributed by atoms with Crippen molar-refractivity contribution in [3.63, 3.8) is 0 Å². The SMILES string of the molecule is NCC#Cc1cc(CN2CC(O)C(O)C2)ccc1F. The monoisotopic (exact) mass is 264 g/mol. The van der Waals surface area contributed by atoms with Crippen LogP contribution in [0.25, 0.3) is 0 Å². The number of halogens is 1. The maximum atomic E-state index is 13.5. The van der Waals surface area contributed by atoms with E-state index in [-0.39, 0.29) is 12.4 Å². The molecule has 0 spiro atoms. The van der Waals surface area contributed by atoms with Crippen molar-refractivity contribution in [3.8, 4) is 11.8 Å². The molecule has 0 amide bonds. The molecule has 1 saturated heterocycles. The van der Waals surface area contributed by atoms with E-state index in [4.69, 9.17) is 5.73 Å². The zero-order valence-electron chi connectivity index (χ0n) is 10.5. The van der Waals surface area contributed by atoms with E-state index in [1.54, 1.807) is 12.1 Å². The van der Waals surface area contributed by atoms with Gasteiger partial charge in [-0.25, -0.2) is 4.39 Å². The Morgan fingerprint density at radius 2 is 2.00 bits per heavy atom. The third-order valence-electron chi connectivity index (χ3n) is 3.10. The van der Waals surface area contributed by atoms with E-state index in [2.05, 4.69) is 11.8 Å². The van der Waals surface area contributed by atoms with Gasteiger partial charge in [0.15, 0.2) is 0 Å². The first-order chi connectivity index (χ1) is 9.10. The fourth-order valence-electron chi connectivity index (χ4n) is 2.15. The average molecular weight is 264 g/mol. The quantitative estimate of drug-likeness (QED) is 0.640. The average Bonchev–Trinajstić information content (AvgIpc) is 2.69. The van der Waals surface area contributed by atoms with Gasteiger partial charge in [-0.15, -0.1) is 0 Å². The van der Waals surface area contributed by atoms with Crippen LogP contribution in [0.5, 0.6) is 0 Å². The maximum absolute atomic E-state index is 13.5. The van der Waals surface area contributed by atoms with Crippen molar-refractivity contribution in [2.75, 3.05) is 19.6 Å². The minimum atomic E-state index is -0.711. The summed E-state index contributed by atoms with van der Waals surface area (Å²) < 4.78 is 13.5. The van der Waals surface area contributed by atoms with Crippen molar-refractivity contribution in [2.45, 2.75) is 18.8 Å². The second kappa shape index (κ2) is 6.13. The maximum Gasteiger partial charge on any atom is 0.138 e. The smallest absolute Gasteiger partial charge is 0.138 e. The Hall–Kier alpha value is -1.45. The molecule has 19 heavy (non-hydrogen) atoms. The molecular weight excluding hydrogens is 247 g/mol. The Kier molecular flexibility index (Phi) is 4.51. The van der Waals surface area contributed by atoms with E-state index in [1.807, 2.05) is 4.90 Å². The van der Waals surface area contributed by atoms with Gasteiger partial charge in [0.1, 0.15) is 5.82 Å². The van der Waals surface area contributed by atoms with Crippen molar-refractivity contribution in [1.29, 1.82) is 0 Å². The summed E-state index contributed by atoms with van der Waals surface area (Å²) >= 11 is 0. The summed E-state index contributed by atoms with van der Waals surface area (Å²) in [7, 11) is 0. The van der Waals surface area contributed by atoms with Gasteiger partial charge in [-0.3, -0.25) is 4.90 Å². The number of hydrogen-bond acceptors (Lipinski definition) is 4. The molecule has 1 heterocycles. The van der Waals surface area contributed by atoms with E-state index in [1.165, 1.54) is 6.07 Å². The molecule has 4 N–H and O–H groups in total. The molecule has 2 rings (SSSR count). The third kappa shape index (κ3) is 3.52. The van der Waals surface area contributed by atoms with Gasteiger partial charge >= 0.3 is 0 Å². The molecule has 5 heteroatoms. The molecule has 4 nitrogen and oxygen atoms in total. The Morgan fingerprint density at radius 3 is 2.63 bits per heavy atom. The highest BCUT2D eigenvalue weighted by Crippen LogP contribution is 2.16. The van der Waals surface area contributed by atoms with Crippen LogP contribution < -0.4 is 5.73 Å².